The molecule has 6 heteroatoms. The Hall–Kier alpha value is 0.0169. The van der Waals surface area contributed by atoms with Gasteiger partial charge in [0.15, 0.2) is 8.32 Å². The molecule has 0 aliphatic heterocycles. The maximum atomic E-state index is 8.45. The van der Waals surface area contributed by atoms with E-state index < -0.39 is 8.32 Å². The molecule has 1 N–H and O–H groups in total. The Morgan fingerprint density at radius 1 is 0.706 bits per heavy atom. The molecule has 0 fully saturated rings. The van der Waals surface area contributed by atoms with E-state index in [0.29, 0.717) is 46.2 Å². The van der Waals surface area contributed by atoms with Gasteiger partial charge in [-0.15, -0.1) is 0 Å². The fourth-order valence-corrected chi connectivity index (χ4v) is 1.71. The Morgan fingerprint density at radius 3 is 1.53 bits per heavy atom. The third-order valence-electron chi connectivity index (χ3n) is 1.74. The molecular weight excluding hydrogens is 240 g/mol. The van der Waals surface area contributed by atoms with Gasteiger partial charge in [0, 0.05) is 0 Å². The highest BCUT2D eigenvalue weighted by Gasteiger charge is 2.12. The molecular formula is C11H26O5Si. The predicted octanol–water partition coefficient (Wildman–Crippen LogP) is 0.880. The zero-order valence-electron chi connectivity index (χ0n) is 11.2. The van der Waals surface area contributed by atoms with Crippen LogP contribution in [0.1, 0.15) is 0 Å². The van der Waals surface area contributed by atoms with Crippen LogP contribution in [-0.4, -0.2) is 66.3 Å². The molecule has 104 valence electrons. The van der Waals surface area contributed by atoms with Crippen LogP contribution in [0.4, 0.5) is 0 Å². The molecule has 0 aromatic rings. The Labute approximate surface area is 105 Å². The van der Waals surface area contributed by atoms with Crippen molar-refractivity contribution in [3.63, 3.8) is 0 Å². The third kappa shape index (κ3) is 16.0. The van der Waals surface area contributed by atoms with E-state index in [1.165, 1.54) is 0 Å². The molecule has 0 radical (unpaired) electrons. The van der Waals surface area contributed by atoms with Gasteiger partial charge < -0.3 is 23.7 Å². The van der Waals surface area contributed by atoms with Crippen LogP contribution in [-0.2, 0) is 18.6 Å². The molecule has 0 saturated heterocycles. The molecule has 0 spiro atoms. The van der Waals surface area contributed by atoms with E-state index in [0.717, 1.165) is 0 Å². The van der Waals surface area contributed by atoms with E-state index in [9.17, 15) is 0 Å². The molecule has 0 aromatic carbocycles. The number of hydrogen-bond acceptors (Lipinski definition) is 5. The van der Waals surface area contributed by atoms with Gasteiger partial charge in [0.1, 0.15) is 0 Å². The molecule has 0 heterocycles. The van der Waals surface area contributed by atoms with Crippen molar-refractivity contribution < 1.29 is 23.7 Å². The van der Waals surface area contributed by atoms with Gasteiger partial charge >= 0.3 is 0 Å². The molecule has 5 nitrogen and oxygen atoms in total. The molecule has 0 unspecified atom stereocenters. The van der Waals surface area contributed by atoms with Crippen LogP contribution in [0.25, 0.3) is 0 Å². The van der Waals surface area contributed by atoms with Gasteiger partial charge in [0.25, 0.3) is 0 Å². The number of ether oxygens (including phenoxy) is 3. The average Bonchev–Trinajstić information content (AvgIpc) is 2.24. The van der Waals surface area contributed by atoms with E-state index in [-0.39, 0.29) is 6.61 Å². The summed E-state index contributed by atoms with van der Waals surface area (Å²) in [5.41, 5.74) is 0. The Bertz CT molecular complexity index is 160. The van der Waals surface area contributed by atoms with Crippen molar-refractivity contribution >= 4 is 8.32 Å². The topological polar surface area (TPSA) is 57.2 Å². The quantitative estimate of drug-likeness (QED) is 0.420. The lowest BCUT2D eigenvalue weighted by atomic mass is 10.7. The van der Waals surface area contributed by atoms with E-state index in [2.05, 4.69) is 19.6 Å². The van der Waals surface area contributed by atoms with Crippen LogP contribution in [0.15, 0.2) is 0 Å². The Balaban J connectivity index is 2.99. The fourth-order valence-electron chi connectivity index (χ4n) is 1.01. The average molecular weight is 266 g/mol. The first-order chi connectivity index (χ1) is 8.06. The van der Waals surface area contributed by atoms with E-state index in [1.54, 1.807) is 0 Å². The molecule has 0 aliphatic carbocycles. The van der Waals surface area contributed by atoms with Crippen LogP contribution < -0.4 is 0 Å². The minimum absolute atomic E-state index is 0.0558. The molecule has 0 amide bonds. The van der Waals surface area contributed by atoms with Crippen LogP contribution >= 0.6 is 0 Å². The van der Waals surface area contributed by atoms with Gasteiger partial charge in [-0.25, -0.2) is 0 Å². The van der Waals surface area contributed by atoms with Gasteiger partial charge in [-0.2, -0.15) is 0 Å². The monoisotopic (exact) mass is 266 g/mol. The molecule has 0 aliphatic rings. The van der Waals surface area contributed by atoms with E-state index in [4.69, 9.17) is 23.7 Å². The standard InChI is InChI=1S/C11H26O5Si/c1-17(2,3)16-11-10-15-9-8-14-7-6-13-5-4-12/h12H,4-11H2,1-3H3. The summed E-state index contributed by atoms with van der Waals surface area (Å²) in [5.74, 6) is 0. The van der Waals surface area contributed by atoms with Crippen LogP contribution in [0.2, 0.25) is 19.6 Å². The lowest BCUT2D eigenvalue weighted by molar-refractivity contribution is 0.00325. The largest absolute Gasteiger partial charge is 0.415 e. The van der Waals surface area contributed by atoms with Gasteiger partial charge in [-0.1, -0.05) is 0 Å². The lowest BCUT2D eigenvalue weighted by Gasteiger charge is -2.16. The molecule has 17 heavy (non-hydrogen) atoms. The van der Waals surface area contributed by atoms with Crippen LogP contribution in [0, 0.1) is 0 Å². The normalized spacial score (nSPS) is 12.0. The maximum Gasteiger partial charge on any atom is 0.183 e. The first-order valence-corrected chi connectivity index (χ1v) is 9.45. The van der Waals surface area contributed by atoms with Crippen LogP contribution in [0.5, 0.6) is 0 Å². The number of rotatable bonds is 12. The highest BCUT2D eigenvalue weighted by Crippen LogP contribution is 2.01. The highest BCUT2D eigenvalue weighted by molar-refractivity contribution is 6.69. The van der Waals surface area contributed by atoms with Crippen molar-refractivity contribution in [2.45, 2.75) is 19.6 Å². The van der Waals surface area contributed by atoms with Crippen molar-refractivity contribution in [2.24, 2.45) is 0 Å². The summed E-state index contributed by atoms with van der Waals surface area (Å²) in [6, 6.07) is 0. The highest BCUT2D eigenvalue weighted by atomic mass is 28.4. The summed E-state index contributed by atoms with van der Waals surface area (Å²) in [6.07, 6.45) is 0. The van der Waals surface area contributed by atoms with Crippen molar-refractivity contribution in [2.75, 3.05) is 52.9 Å². The van der Waals surface area contributed by atoms with E-state index >= 15 is 0 Å². The maximum absolute atomic E-state index is 8.45. The van der Waals surface area contributed by atoms with Crippen molar-refractivity contribution in [3.05, 3.63) is 0 Å². The van der Waals surface area contributed by atoms with Gasteiger partial charge in [-0.05, 0) is 19.6 Å². The first kappa shape index (κ1) is 17.0. The number of aliphatic hydroxyl groups excluding tert-OH is 1. The van der Waals surface area contributed by atoms with Crippen molar-refractivity contribution in [1.29, 1.82) is 0 Å². The second kappa shape index (κ2) is 11.1. The summed E-state index contributed by atoms with van der Waals surface area (Å²) < 4.78 is 21.3. The second-order valence-corrected chi connectivity index (χ2v) is 9.03. The molecule has 0 atom stereocenters. The number of aliphatic hydroxyl groups is 1. The van der Waals surface area contributed by atoms with Gasteiger partial charge in [0.2, 0.25) is 0 Å². The smallest absolute Gasteiger partial charge is 0.183 e. The lowest BCUT2D eigenvalue weighted by Crippen LogP contribution is -2.27. The fraction of sp³-hybridized carbons (Fsp3) is 1.00. The molecule has 0 aromatic heterocycles. The molecule has 0 rings (SSSR count). The Morgan fingerprint density at radius 2 is 1.12 bits per heavy atom. The summed E-state index contributed by atoms with van der Waals surface area (Å²) >= 11 is 0. The molecule has 0 bridgehead atoms. The zero-order valence-corrected chi connectivity index (χ0v) is 12.2. The van der Waals surface area contributed by atoms with Crippen LogP contribution in [0.3, 0.4) is 0 Å². The minimum atomic E-state index is -1.40. The van der Waals surface area contributed by atoms with Gasteiger partial charge in [-0.3, -0.25) is 0 Å². The summed E-state index contributed by atoms with van der Waals surface area (Å²) in [4.78, 5) is 0. The van der Waals surface area contributed by atoms with Crippen molar-refractivity contribution in [1.82, 2.24) is 0 Å². The van der Waals surface area contributed by atoms with Crippen molar-refractivity contribution in [3.8, 4) is 0 Å². The predicted molar refractivity (Wildman–Crippen MR) is 68.8 cm³/mol. The summed E-state index contributed by atoms with van der Waals surface area (Å²) in [7, 11) is -1.40. The zero-order chi connectivity index (χ0) is 13.0. The van der Waals surface area contributed by atoms with Gasteiger partial charge in [0.05, 0.1) is 52.9 Å². The minimum Gasteiger partial charge on any atom is -0.415 e. The second-order valence-electron chi connectivity index (χ2n) is 4.52. The van der Waals surface area contributed by atoms with E-state index in [1.807, 2.05) is 0 Å². The first-order valence-electron chi connectivity index (χ1n) is 6.04. The summed E-state index contributed by atoms with van der Waals surface area (Å²) in [6.45, 7) is 10.4. The number of hydrogen-bond donors (Lipinski definition) is 1. The molecule has 0 saturated carbocycles. The third-order valence-corrected chi connectivity index (χ3v) is 2.81. The summed E-state index contributed by atoms with van der Waals surface area (Å²) in [5, 5.41) is 8.45. The SMILES string of the molecule is C[Si](C)(C)OCCOCCOCCOCCO. The Kier molecular flexibility index (Phi) is 11.1.